The molecule has 1 aromatic rings. The number of carbonyl (C=O) groups excluding carboxylic acids is 4. The van der Waals surface area contributed by atoms with Gasteiger partial charge in [0.25, 0.3) is 0 Å². The third kappa shape index (κ3) is 4.68. The summed E-state index contributed by atoms with van der Waals surface area (Å²) in [7, 11) is 0. The first-order valence-electron chi connectivity index (χ1n) is 10.2. The highest BCUT2D eigenvalue weighted by molar-refractivity contribution is 8.01. The van der Waals surface area contributed by atoms with E-state index in [-0.39, 0.29) is 6.61 Å². The molecule has 3 rings (SSSR count). The Hall–Kier alpha value is -2.79. The molecular formula is C21H27N3O7S. The van der Waals surface area contributed by atoms with E-state index < -0.39 is 58.5 Å². The van der Waals surface area contributed by atoms with E-state index in [0.717, 1.165) is 0 Å². The number of thioether (sulfide) groups is 1. The molecule has 0 aliphatic carbocycles. The van der Waals surface area contributed by atoms with Crippen LogP contribution >= 0.6 is 11.8 Å². The standard InChI is InChI=1S/C21H27N3O7S/c1-5-29-20(28)31-11(2)30-19(27)15-21(3,4)32-18-14(17(26)24(15)18)23-16(25)13(22)12-9-7-6-8-10-12/h6-11,13-15,18H,5,22H2,1-4H3,(H,23,25)/t11?,13-,14?,15?,18?/m1/s1. The zero-order chi connectivity index (χ0) is 23.6. The number of nitrogens with two attached hydrogens (primary N) is 1. The van der Waals surface area contributed by atoms with Crippen LogP contribution in [-0.2, 0) is 28.6 Å². The van der Waals surface area contributed by atoms with Gasteiger partial charge in [0.2, 0.25) is 18.1 Å². The van der Waals surface area contributed by atoms with Crippen LogP contribution in [0.4, 0.5) is 4.79 Å². The maximum absolute atomic E-state index is 12.8. The van der Waals surface area contributed by atoms with E-state index in [1.54, 1.807) is 45.0 Å². The van der Waals surface area contributed by atoms with E-state index in [9.17, 15) is 19.2 Å². The third-order valence-electron chi connectivity index (χ3n) is 5.21. The summed E-state index contributed by atoms with van der Waals surface area (Å²) in [5.74, 6) is -1.58. The molecule has 2 saturated heterocycles. The molecule has 2 fully saturated rings. The highest BCUT2D eigenvalue weighted by atomic mass is 32.2. The van der Waals surface area contributed by atoms with Crippen molar-refractivity contribution in [2.75, 3.05) is 6.61 Å². The van der Waals surface area contributed by atoms with Gasteiger partial charge in [0.1, 0.15) is 23.5 Å². The number of nitrogens with zero attached hydrogens (tertiary/aromatic N) is 1. The zero-order valence-electron chi connectivity index (χ0n) is 18.3. The molecule has 2 heterocycles. The normalized spacial score (nSPS) is 25.1. The van der Waals surface area contributed by atoms with Crippen molar-refractivity contribution in [1.29, 1.82) is 0 Å². The number of ether oxygens (including phenoxy) is 3. The van der Waals surface area contributed by atoms with Gasteiger partial charge in [0.15, 0.2) is 0 Å². The Morgan fingerprint density at radius 2 is 1.88 bits per heavy atom. The number of benzene rings is 1. The molecule has 32 heavy (non-hydrogen) atoms. The van der Waals surface area contributed by atoms with Gasteiger partial charge in [0.05, 0.1) is 6.61 Å². The van der Waals surface area contributed by atoms with Crippen LogP contribution in [0, 0.1) is 0 Å². The number of rotatable bonds is 7. The largest absolute Gasteiger partial charge is 0.511 e. The predicted molar refractivity (Wildman–Crippen MR) is 115 cm³/mol. The van der Waals surface area contributed by atoms with Gasteiger partial charge >= 0.3 is 12.1 Å². The highest BCUT2D eigenvalue weighted by Crippen LogP contribution is 2.51. The number of fused-ring (bicyclic) bond motifs is 1. The average Bonchev–Trinajstić information content (AvgIpc) is 2.99. The fraction of sp³-hybridized carbons (Fsp3) is 0.524. The highest BCUT2D eigenvalue weighted by Gasteiger charge is 2.64. The topological polar surface area (TPSA) is 137 Å². The van der Waals surface area contributed by atoms with E-state index in [2.05, 4.69) is 10.1 Å². The van der Waals surface area contributed by atoms with Gasteiger partial charge < -0.3 is 30.2 Å². The summed E-state index contributed by atoms with van der Waals surface area (Å²) < 4.78 is 14.0. The van der Waals surface area contributed by atoms with Gasteiger partial charge in [-0.2, -0.15) is 0 Å². The Morgan fingerprint density at radius 3 is 2.50 bits per heavy atom. The molecule has 2 aliphatic heterocycles. The van der Waals surface area contributed by atoms with Crippen molar-refractivity contribution < 1.29 is 33.4 Å². The molecular weight excluding hydrogens is 438 g/mol. The summed E-state index contributed by atoms with van der Waals surface area (Å²) in [5.41, 5.74) is 6.65. The Morgan fingerprint density at radius 1 is 1.22 bits per heavy atom. The summed E-state index contributed by atoms with van der Waals surface area (Å²) in [6.07, 6.45) is -2.14. The molecule has 10 nitrogen and oxygen atoms in total. The van der Waals surface area contributed by atoms with Crippen molar-refractivity contribution in [2.24, 2.45) is 5.73 Å². The van der Waals surface area contributed by atoms with Crippen molar-refractivity contribution in [2.45, 2.75) is 62.2 Å². The fourth-order valence-corrected chi connectivity index (χ4v) is 5.34. The lowest BCUT2D eigenvalue weighted by atomic mass is 9.95. The van der Waals surface area contributed by atoms with Crippen LogP contribution in [0.3, 0.4) is 0 Å². The summed E-state index contributed by atoms with van der Waals surface area (Å²) in [6.45, 7) is 6.74. The number of esters is 1. The van der Waals surface area contributed by atoms with E-state index in [1.807, 2.05) is 6.07 Å². The monoisotopic (exact) mass is 465 g/mol. The molecule has 11 heteroatoms. The Bertz CT molecular complexity index is 895. The number of nitrogens with one attached hydrogen (secondary N) is 1. The van der Waals surface area contributed by atoms with Crippen LogP contribution < -0.4 is 11.1 Å². The van der Waals surface area contributed by atoms with Crippen molar-refractivity contribution in [3.05, 3.63) is 35.9 Å². The maximum Gasteiger partial charge on any atom is 0.511 e. The first-order chi connectivity index (χ1) is 15.1. The van der Waals surface area contributed by atoms with E-state index >= 15 is 0 Å². The second-order valence-electron chi connectivity index (χ2n) is 7.94. The number of carbonyl (C=O) groups is 4. The molecule has 2 amide bonds. The van der Waals surface area contributed by atoms with E-state index in [1.165, 1.54) is 23.6 Å². The molecule has 0 radical (unpaired) electrons. The van der Waals surface area contributed by atoms with Crippen LogP contribution in [-0.4, -0.2) is 63.9 Å². The molecule has 0 aromatic heterocycles. The molecule has 4 unspecified atom stereocenters. The van der Waals surface area contributed by atoms with Crippen molar-refractivity contribution >= 4 is 35.7 Å². The van der Waals surface area contributed by atoms with Gasteiger partial charge in [0, 0.05) is 11.7 Å². The second kappa shape index (κ2) is 9.37. The Labute approximate surface area is 190 Å². The molecule has 0 saturated carbocycles. The lowest BCUT2D eigenvalue weighted by molar-refractivity contribution is -0.180. The van der Waals surface area contributed by atoms with Crippen LogP contribution in [0.25, 0.3) is 0 Å². The zero-order valence-corrected chi connectivity index (χ0v) is 19.1. The number of amides is 2. The van der Waals surface area contributed by atoms with Gasteiger partial charge in [-0.15, -0.1) is 11.8 Å². The maximum atomic E-state index is 12.8. The van der Waals surface area contributed by atoms with Crippen LogP contribution in [0.5, 0.6) is 0 Å². The Kier molecular flexibility index (Phi) is 6.99. The molecule has 0 bridgehead atoms. The van der Waals surface area contributed by atoms with Gasteiger partial charge in [-0.05, 0) is 26.3 Å². The minimum absolute atomic E-state index is 0.122. The molecule has 174 valence electrons. The number of hydrogen-bond acceptors (Lipinski definition) is 9. The van der Waals surface area contributed by atoms with E-state index in [4.69, 9.17) is 15.2 Å². The minimum atomic E-state index is -1.18. The van der Waals surface area contributed by atoms with E-state index in [0.29, 0.717) is 5.56 Å². The first-order valence-corrected chi connectivity index (χ1v) is 11.1. The summed E-state index contributed by atoms with van der Waals surface area (Å²) in [6, 6.07) is 6.21. The minimum Gasteiger partial charge on any atom is -0.435 e. The summed E-state index contributed by atoms with van der Waals surface area (Å²) >= 11 is 1.38. The number of hydrogen-bond donors (Lipinski definition) is 2. The van der Waals surface area contributed by atoms with Gasteiger partial charge in [-0.25, -0.2) is 9.59 Å². The second-order valence-corrected chi connectivity index (χ2v) is 9.71. The first kappa shape index (κ1) is 23.9. The lowest BCUT2D eigenvalue weighted by Crippen LogP contribution is -2.71. The molecule has 1 aromatic carbocycles. The van der Waals surface area contributed by atoms with Crippen molar-refractivity contribution in [3.63, 3.8) is 0 Å². The third-order valence-corrected chi connectivity index (χ3v) is 6.78. The van der Waals surface area contributed by atoms with Gasteiger partial charge in [-0.1, -0.05) is 30.3 Å². The smallest absolute Gasteiger partial charge is 0.435 e. The lowest BCUT2D eigenvalue weighted by Gasteiger charge is -2.44. The van der Waals surface area contributed by atoms with Gasteiger partial charge in [-0.3, -0.25) is 9.59 Å². The molecule has 5 atom stereocenters. The molecule has 0 spiro atoms. The molecule has 2 aliphatic rings. The SMILES string of the molecule is CCOC(=O)OC(C)OC(=O)C1N2C(=O)C(NC(=O)[C@H](N)c3ccccc3)C2SC1(C)C. The van der Waals surface area contributed by atoms with Crippen molar-refractivity contribution in [3.8, 4) is 0 Å². The average molecular weight is 466 g/mol. The number of β-lactam (4-membered cyclic amide) rings is 1. The summed E-state index contributed by atoms with van der Waals surface area (Å²) in [5, 5.41) is 2.26. The van der Waals surface area contributed by atoms with Crippen LogP contribution in [0.2, 0.25) is 0 Å². The quantitative estimate of drug-likeness (QED) is 0.347. The molecule has 3 N–H and O–H groups in total. The fourth-order valence-electron chi connectivity index (χ4n) is 3.72. The summed E-state index contributed by atoms with van der Waals surface area (Å²) in [4.78, 5) is 51.0. The van der Waals surface area contributed by atoms with Crippen LogP contribution in [0.1, 0.15) is 39.3 Å². The predicted octanol–water partition coefficient (Wildman–Crippen LogP) is 1.30. The van der Waals surface area contributed by atoms with Crippen LogP contribution in [0.15, 0.2) is 30.3 Å². The Balaban J connectivity index is 1.63. The van der Waals surface area contributed by atoms with Crippen molar-refractivity contribution in [1.82, 2.24) is 10.2 Å².